The van der Waals surface area contributed by atoms with E-state index in [0.717, 1.165) is 35.9 Å². The van der Waals surface area contributed by atoms with E-state index in [-0.39, 0.29) is 5.91 Å². The number of carbonyl (C=O) groups is 1. The van der Waals surface area contributed by atoms with Crippen molar-refractivity contribution in [3.05, 3.63) is 48.5 Å². The van der Waals surface area contributed by atoms with Gasteiger partial charge in [0, 0.05) is 13.6 Å². The molecular weight excluding hydrogens is 332 g/mol. The fourth-order valence-corrected chi connectivity index (χ4v) is 2.93. The summed E-state index contributed by atoms with van der Waals surface area (Å²) in [5, 5.41) is 2.66. The highest BCUT2D eigenvalue weighted by Crippen LogP contribution is 2.33. The standard InChI is InChI=1S/C20H24N2O4/c1-21-20(23)19-14-22(17-6-3-4-7-18(17)26-19)12-5-13-25-16-10-8-15(24-2)9-11-16/h3-4,6-11,19H,5,12-14H2,1-2H3,(H,21,23)/t19-/m1/s1. The van der Waals surface area contributed by atoms with E-state index in [1.807, 2.05) is 48.5 Å². The summed E-state index contributed by atoms with van der Waals surface area (Å²) >= 11 is 0. The van der Waals surface area contributed by atoms with Crippen molar-refractivity contribution in [1.29, 1.82) is 0 Å². The van der Waals surface area contributed by atoms with Gasteiger partial charge in [-0.05, 0) is 42.8 Å². The predicted octanol–water partition coefficient (Wildman–Crippen LogP) is 2.48. The third kappa shape index (κ3) is 4.20. The van der Waals surface area contributed by atoms with E-state index >= 15 is 0 Å². The molecule has 1 heterocycles. The molecule has 0 radical (unpaired) electrons. The Kier molecular flexibility index (Phi) is 5.84. The Labute approximate surface area is 153 Å². The fourth-order valence-electron chi connectivity index (χ4n) is 2.93. The van der Waals surface area contributed by atoms with Gasteiger partial charge in [-0.3, -0.25) is 4.79 Å². The SMILES string of the molecule is CNC(=O)[C@H]1CN(CCCOc2ccc(OC)cc2)c2ccccc2O1. The number of nitrogens with zero attached hydrogens (tertiary/aromatic N) is 1. The number of methoxy groups -OCH3 is 1. The van der Waals surface area contributed by atoms with Gasteiger partial charge >= 0.3 is 0 Å². The molecule has 1 N–H and O–H groups in total. The van der Waals surface area contributed by atoms with Crippen molar-refractivity contribution in [2.75, 3.05) is 38.8 Å². The van der Waals surface area contributed by atoms with Crippen LogP contribution in [0.3, 0.4) is 0 Å². The van der Waals surface area contributed by atoms with E-state index < -0.39 is 6.10 Å². The lowest BCUT2D eigenvalue weighted by Crippen LogP contribution is -2.48. The van der Waals surface area contributed by atoms with Gasteiger partial charge in [0.1, 0.15) is 17.2 Å². The van der Waals surface area contributed by atoms with Crippen LogP contribution >= 0.6 is 0 Å². The van der Waals surface area contributed by atoms with Gasteiger partial charge in [-0.1, -0.05) is 12.1 Å². The highest BCUT2D eigenvalue weighted by Gasteiger charge is 2.29. The molecule has 0 fully saturated rings. The van der Waals surface area contributed by atoms with Gasteiger partial charge in [-0.15, -0.1) is 0 Å². The number of fused-ring (bicyclic) bond motifs is 1. The molecule has 6 heteroatoms. The minimum Gasteiger partial charge on any atom is -0.497 e. The summed E-state index contributed by atoms with van der Waals surface area (Å²) in [4.78, 5) is 14.2. The van der Waals surface area contributed by atoms with E-state index in [1.165, 1.54) is 0 Å². The Hall–Kier alpha value is -2.89. The second kappa shape index (κ2) is 8.47. The lowest BCUT2D eigenvalue weighted by atomic mass is 10.1. The number of rotatable bonds is 7. The average molecular weight is 356 g/mol. The van der Waals surface area contributed by atoms with Crippen LogP contribution in [0, 0.1) is 0 Å². The molecule has 1 amide bonds. The zero-order valence-corrected chi connectivity index (χ0v) is 15.1. The Balaban J connectivity index is 1.56. The number of benzene rings is 2. The van der Waals surface area contributed by atoms with Crippen molar-refractivity contribution < 1.29 is 19.0 Å². The third-order valence-electron chi connectivity index (χ3n) is 4.30. The first-order valence-electron chi connectivity index (χ1n) is 8.70. The third-order valence-corrected chi connectivity index (χ3v) is 4.30. The largest absolute Gasteiger partial charge is 0.497 e. The first-order chi connectivity index (χ1) is 12.7. The van der Waals surface area contributed by atoms with E-state index in [4.69, 9.17) is 14.2 Å². The second-order valence-electron chi connectivity index (χ2n) is 6.01. The Morgan fingerprint density at radius 3 is 2.65 bits per heavy atom. The summed E-state index contributed by atoms with van der Waals surface area (Å²) in [6, 6.07) is 15.3. The number of nitrogens with one attached hydrogen (secondary N) is 1. The number of carbonyl (C=O) groups excluding carboxylic acids is 1. The van der Waals surface area contributed by atoms with Crippen molar-refractivity contribution in [3.63, 3.8) is 0 Å². The first-order valence-corrected chi connectivity index (χ1v) is 8.70. The Morgan fingerprint density at radius 1 is 1.19 bits per heavy atom. The normalized spacial score (nSPS) is 15.6. The second-order valence-corrected chi connectivity index (χ2v) is 6.01. The summed E-state index contributed by atoms with van der Waals surface area (Å²) in [7, 11) is 3.27. The predicted molar refractivity (Wildman–Crippen MR) is 100 cm³/mol. The van der Waals surface area contributed by atoms with Crippen LogP contribution in [0.15, 0.2) is 48.5 Å². The molecular formula is C20H24N2O4. The minimum atomic E-state index is -0.502. The Morgan fingerprint density at radius 2 is 1.92 bits per heavy atom. The van der Waals surface area contributed by atoms with Crippen LogP contribution in [-0.4, -0.2) is 45.9 Å². The smallest absolute Gasteiger partial charge is 0.262 e. The van der Waals surface area contributed by atoms with Gasteiger partial charge in [0.05, 0.1) is 25.9 Å². The number of anilines is 1. The monoisotopic (exact) mass is 356 g/mol. The number of likely N-dealkylation sites (N-methyl/N-ethyl adjacent to an activating group) is 1. The highest BCUT2D eigenvalue weighted by atomic mass is 16.5. The van der Waals surface area contributed by atoms with Crippen LogP contribution in [-0.2, 0) is 4.79 Å². The van der Waals surface area contributed by atoms with Crippen molar-refractivity contribution in [2.45, 2.75) is 12.5 Å². The first kappa shape index (κ1) is 17.9. The molecule has 0 saturated carbocycles. The molecule has 0 saturated heterocycles. The van der Waals surface area contributed by atoms with Crippen LogP contribution in [0.2, 0.25) is 0 Å². The van der Waals surface area contributed by atoms with Crippen molar-refractivity contribution in [2.24, 2.45) is 0 Å². The quantitative estimate of drug-likeness (QED) is 0.773. The highest BCUT2D eigenvalue weighted by molar-refractivity contribution is 5.83. The number of para-hydroxylation sites is 2. The molecule has 0 aliphatic carbocycles. The number of ether oxygens (including phenoxy) is 3. The van der Waals surface area contributed by atoms with Crippen LogP contribution in [0.5, 0.6) is 17.2 Å². The molecule has 138 valence electrons. The molecule has 6 nitrogen and oxygen atoms in total. The van der Waals surface area contributed by atoms with Crippen LogP contribution in [0.4, 0.5) is 5.69 Å². The van der Waals surface area contributed by atoms with Crippen molar-refractivity contribution in [3.8, 4) is 17.2 Å². The zero-order chi connectivity index (χ0) is 18.4. The molecule has 26 heavy (non-hydrogen) atoms. The van der Waals surface area contributed by atoms with Gasteiger partial charge in [0.25, 0.3) is 5.91 Å². The molecule has 1 atom stereocenters. The number of amides is 1. The van der Waals surface area contributed by atoms with E-state index in [2.05, 4.69) is 10.2 Å². The molecule has 3 rings (SSSR count). The van der Waals surface area contributed by atoms with Gasteiger partial charge in [-0.25, -0.2) is 0 Å². The molecule has 1 aliphatic rings. The van der Waals surface area contributed by atoms with Crippen LogP contribution in [0.1, 0.15) is 6.42 Å². The van der Waals surface area contributed by atoms with E-state index in [0.29, 0.717) is 13.2 Å². The van der Waals surface area contributed by atoms with E-state index in [9.17, 15) is 4.79 Å². The van der Waals surface area contributed by atoms with Gasteiger partial charge < -0.3 is 24.4 Å². The number of hydrogen-bond donors (Lipinski definition) is 1. The van der Waals surface area contributed by atoms with Gasteiger partial charge in [-0.2, -0.15) is 0 Å². The molecule has 2 aromatic carbocycles. The van der Waals surface area contributed by atoms with Crippen molar-refractivity contribution >= 4 is 11.6 Å². The average Bonchev–Trinajstić information content (AvgIpc) is 2.70. The maximum absolute atomic E-state index is 12.0. The molecule has 1 aliphatic heterocycles. The maximum Gasteiger partial charge on any atom is 0.262 e. The van der Waals surface area contributed by atoms with Crippen LogP contribution < -0.4 is 24.4 Å². The summed E-state index contributed by atoms with van der Waals surface area (Å²) < 4.78 is 16.7. The van der Waals surface area contributed by atoms with E-state index in [1.54, 1.807) is 14.2 Å². The van der Waals surface area contributed by atoms with Crippen molar-refractivity contribution in [1.82, 2.24) is 5.32 Å². The molecule has 0 unspecified atom stereocenters. The van der Waals surface area contributed by atoms with Crippen LogP contribution in [0.25, 0.3) is 0 Å². The minimum absolute atomic E-state index is 0.112. The summed E-state index contributed by atoms with van der Waals surface area (Å²) in [6.07, 6.45) is 0.332. The lowest BCUT2D eigenvalue weighted by Gasteiger charge is -2.35. The molecule has 0 bridgehead atoms. The van der Waals surface area contributed by atoms with Gasteiger partial charge in [0.15, 0.2) is 6.10 Å². The fraction of sp³-hybridized carbons (Fsp3) is 0.350. The Bertz CT molecular complexity index is 733. The molecule has 2 aromatic rings. The topological polar surface area (TPSA) is 60.0 Å². The summed E-state index contributed by atoms with van der Waals surface area (Å²) in [5.41, 5.74) is 1.01. The maximum atomic E-state index is 12.0. The summed E-state index contributed by atoms with van der Waals surface area (Å²) in [5.74, 6) is 2.25. The lowest BCUT2D eigenvalue weighted by molar-refractivity contribution is -0.127. The number of hydrogen-bond acceptors (Lipinski definition) is 5. The zero-order valence-electron chi connectivity index (χ0n) is 15.1. The summed E-state index contributed by atoms with van der Waals surface area (Å²) in [6.45, 7) is 1.90. The molecule has 0 aromatic heterocycles. The molecule has 0 spiro atoms. The van der Waals surface area contributed by atoms with Gasteiger partial charge in [0.2, 0.25) is 0 Å².